The Labute approximate surface area is 149 Å². The van der Waals surface area contributed by atoms with Gasteiger partial charge >= 0.3 is 5.97 Å². The van der Waals surface area contributed by atoms with Gasteiger partial charge in [-0.25, -0.2) is 9.18 Å². The lowest BCUT2D eigenvalue weighted by molar-refractivity contribution is -0.146. The molecule has 1 saturated carbocycles. The monoisotopic (exact) mass is 354 g/mol. The first-order valence-corrected chi connectivity index (χ1v) is 9.36. The Balaban J connectivity index is 2.42. The number of aliphatic carboxylic acids is 1. The fourth-order valence-corrected chi connectivity index (χ4v) is 3.17. The van der Waals surface area contributed by atoms with Crippen LogP contribution in [0.5, 0.6) is 0 Å². The van der Waals surface area contributed by atoms with Crippen molar-refractivity contribution in [1.82, 2.24) is 0 Å². The van der Waals surface area contributed by atoms with Crippen LogP contribution in [0, 0.1) is 11.8 Å². The minimum atomic E-state index is -1.36. The van der Waals surface area contributed by atoms with Crippen LogP contribution >= 0.6 is 0 Å². The third-order valence-corrected chi connectivity index (χ3v) is 4.72. The Morgan fingerprint density at radius 3 is 2.68 bits per heavy atom. The number of halogens is 1. The molecule has 0 aromatic carbocycles. The highest BCUT2D eigenvalue weighted by Crippen LogP contribution is 2.35. The number of allylic oxidation sites excluding steroid dienone is 4. The summed E-state index contributed by atoms with van der Waals surface area (Å²) in [5.74, 6) is -1.96. The molecule has 1 fully saturated rings. The van der Waals surface area contributed by atoms with Gasteiger partial charge in [0, 0.05) is 18.3 Å². The van der Waals surface area contributed by atoms with Gasteiger partial charge in [-0.05, 0) is 32.1 Å². The van der Waals surface area contributed by atoms with Gasteiger partial charge in [-0.15, -0.1) is 0 Å². The van der Waals surface area contributed by atoms with Crippen LogP contribution < -0.4 is 0 Å². The van der Waals surface area contributed by atoms with E-state index in [9.17, 15) is 19.1 Å². The summed E-state index contributed by atoms with van der Waals surface area (Å²) in [6.07, 6.45) is 11.6. The molecule has 0 saturated heterocycles. The van der Waals surface area contributed by atoms with Gasteiger partial charge in [-0.3, -0.25) is 4.79 Å². The fourth-order valence-electron chi connectivity index (χ4n) is 3.17. The van der Waals surface area contributed by atoms with E-state index in [-0.39, 0.29) is 30.5 Å². The van der Waals surface area contributed by atoms with E-state index in [0.29, 0.717) is 12.8 Å². The maximum atomic E-state index is 14.1. The molecular formula is C20H31FO4. The van der Waals surface area contributed by atoms with Crippen molar-refractivity contribution in [3.05, 3.63) is 24.3 Å². The third kappa shape index (κ3) is 7.95. The molecule has 0 aromatic heterocycles. The molecule has 25 heavy (non-hydrogen) atoms. The third-order valence-electron chi connectivity index (χ3n) is 4.72. The molecule has 0 radical (unpaired) electrons. The summed E-state index contributed by atoms with van der Waals surface area (Å²) >= 11 is 0. The highest BCUT2D eigenvalue weighted by Gasteiger charge is 2.40. The van der Waals surface area contributed by atoms with Crippen LogP contribution in [0.15, 0.2) is 24.3 Å². The second kappa shape index (κ2) is 12.0. The van der Waals surface area contributed by atoms with Crippen molar-refractivity contribution in [3.8, 4) is 0 Å². The van der Waals surface area contributed by atoms with E-state index in [2.05, 4.69) is 6.92 Å². The van der Waals surface area contributed by atoms with Crippen molar-refractivity contribution >= 4 is 11.8 Å². The molecule has 0 spiro atoms. The number of hydrogen-bond acceptors (Lipinski definition) is 3. The molecule has 4 nitrogen and oxygen atoms in total. The van der Waals surface area contributed by atoms with E-state index in [1.165, 1.54) is 19.3 Å². The van der Waals surface area contributed by atoms with Gasteiger partial charge < -0.3 is 10.2 Å². The van der Waals surface area contributed by atoms with Crippen molar-refractivity contribution in [2.45, 2.75) is 77.0 Å². The number of unbranched alkanes of at least 4 members (excludes halogenated alkanes) is 4. The SMILES string of the molecule is CCCCCCC=C[C@H]1[C@H](F)CC(=O)[C@@H]1CC=CCCC(O)C(=O)O. The van der Waals surface area contributed by atoms with E-state index in [0.717, 1.165) is 12.8 Å². The number of aliphatic hydroxyl groups excluding tert-OH is 1. The lowest BCUT2D eigenvalue weighted by atomic mass is 9.90. The van der Waals surface area contributed by atoms with Crippen LogP contribution in [0.25, 0.3) is 0 Å². The normalized spacial score (nSPS) is 25.2. The summed E-state index contributed by atoms with van der Waals surface area (Å²) in [4.78, 5) is 22.5. The number of carbonyl (C=O) groups excluding carboxylic acids is 1. The van der Waals surface area contributed by atoms with Gasteiger partial charge in [0.05, 0.1) is 0 Å². The molecule has 0 aliphatic heterocycles. The van der Waals surface area contributed by atoms with Crippen LogP contribution in [0.4, 0.5) is 4.39 Å². The van der Waals surface area contributed by atoms with Crippen molar-refractivity contribution in [2.75, 3.05) is 0 Å². The van der Waals surface area contributed by atoms with Gasteiger partial charge in [-0.1, -0.05) is 50.5 Å². The van der Waals surface area contributed by atoms with Gasteiger partial charge in [-0.2, -0.15) is 0 Å². The molecule has 1 unspecified atom stereocenters. The van der Waals surface area contributed by atoms with Crippen molar-refractivity contribution in [1.29, 1.82) is 0 Å². The van der Waals surface area contributed by atoms with Crippen LogP contribution in [-0.4, -0.2) is 34.2 Å². The van der Waals surface area contributed by atoms with E-state index in [1.807, 2.05) is 12.2 Å². The van der Waals surface area contributed by atoms with Crippen LogP contribution in [0.1, 0.15) is 64.7 Å². The second-order valence-electron chi connectivity index (χ2n) is 6.79. The number of aliphatic hydroxyl groups is 1. The molecule has 0 bridgehead atoms. The number of carboxylic acids is 1. The highest BCUT2D eigenvalue weighted by atomic mass is 19.1. The van der Waals surface area contributed by atoms with Gasteiger partial charge in [0.2, 0.25) is 0 Å². The van der Waals surface area contributed by atoms with Crippen molar-refractivity contribution in [3.63, 3.8) is 0 Å². The first-order valence-electron chi connectivity index (χ1n) is 9.36. The summed E-state index contributed by atoms with van der Waals surface area (Å²) in [6.45, 7) is 2.16. The maximum absolute atomic E-state index is 14.1. The maximum Gasteiger partial charge on any atom is 0.332 e. The van der Waals surface area contributed by atoms with Crippen LogP contribution in [0.3, 0.4) is 0 Å². The molecule has 2 N–H and O–H groups in total. The molecule has 1 rings (SSSR count). The van der Waals surface area contributed by atoms with Crippen molar-refractivity contribution < 1.29 is 24.2 Å². The Morgan fingerprint density at radius 1 is 1.24 bits per heavy atom. The summed E-state index contributed by atoms with van der Waals surface area (Å²) in [5.41, 5.74) is 0. The average molecular weight is 354 g/mol. The zero-order chi connectivity index (χ0) is 18.7. The van der Waals surface area contributed by atoms with Gasteiger partial charge in [0.15, 0.2) is 6.10 Å². The van der Waals surface area contributed by atoms with Crippen LogP contribution in [-0.2, 0) is 9.59 Å². The number of carbonyl (C=O) groups is 2. The lowest BCUT2D eigenvalue weighted by Gasteiger charge is -2.14. The number of ketones is 1. The minimum Gasteiger partial charge on any atom is -0.479 e. The number of hydrogen-bond donors (Lipinski definition) is 2. The van der Waals surface area contributed by atoms with Gasteiger partial charge in [0.25, 0.3) is 0 Å². The van der Waals surface area contributed by atoms with E-state index < -0.39 is 18.2 Å². The number of rotatable bonds is 12. The molecular weight excluding hydrogens is 323 g/mol. The summed E-state index contributed by atoms with van der Waals surface area (Å²) in [7, 11) is 0. The highest BCUT2D eigenvalue weighted by molar-refractivity contribution is 5.84. The minimum absolute atomic E-state index is 0.0128. The number of Topliss-reactive ketones (excluding diaryl/α,β-unsaturated/α-hetero) is 1. The Kier molecular flexibility index (Phi) is 10.3. The molecule has 0 amide bonds. The Morgan fingerprint density at radius 2 is 2.00 bits per heavy atom. The molecule has 4 atom stereocenters. The molecule has 142 valence electrons. The smallest absolute Gasteiger partial charge is 0.332 e. The summed E-state index contributed by atoms with van der Waals surface area (Å²) < 4.78 is 14.1. The van der Waals surface area contributed by atoms with E-state index in [4.69, 9.17) is 5.11 Å². The van der Waals surface area contributed by atoms with Crippen LogP contribution in [0.2, 0.25) is 0 Å². The van der Waals surface area contributed by atoms with Crippen molar-refractivity contribution in [2.24, 2.45) is 11.8 Å². The molecule has 1 aliphatic rings. The topological polar surface area (TPSA) is 74.6 Å². The standard InChI is InChI=1S/C20H31FO4/c1-2-3-4-5-6-8-11-15-16(19(23)14-17(15)21)12-9-7-10-13-18(22)20(24)25/h7-9,11,15-18,22H,2-6,10,12-14H2,1H3,(H,24,25)/t15-,16-,17-,18?/m1/s1. The molecule has 0 heterocycles. The van der Waals surface area contributed by atoms with E-state index >= 15 is 0 Å². The largest absolute Gasteiger partial charge is 0.479 e. The Bertz CT molecular complexity index is 472. The Hall–Kier alpha value is -1.49. The second-order valence-corrected chi connectivity index (χ2v) is 6.79. The molecule has 0 aromatic rings. The first kappa shape index (κ1) is 21.6. The average Bonchev–Trinajstić information content (AvgIpc) is 2.83. The quantitative estimate of drug-likeness (QED) is 0.406. The number of carboxylic acid groups (broad SMARTS) is 1. The van der Waals surface area contributed by atoms with E-state index in [1.54, 1.807) is 12.2 Å². The predicted octanol–water partition coefficient (Wildman–Crippen LogP) is 4.23. The number of alkyl halides is 1. The zero-order valence-electron chi connectivity index (χ0n) is 15.1. The molecule has 1 aliphatic carbocycles. The predicted molar refractivity (Wildman–Crippen MR) is 96.0 cm³/mol. The lowest BCUT2D eigenvalue weighted by Crippen LogP contribution is -2.18. The molecule has 5 heteroatoms. The summed E-state index contributed by atoms with van der Waals surface area (Å²) in [6, 6.07) is 0. The van der Waals surface area contributed by atoms with Gasteiger partial charge in [0.1, 0.15) is 12.0 Å². The fraction of sp³-hybridized carbons (Fsp3) is 0.700. The first-order chi connectivity index (χ1) is 12.0. The zero-order valence-corrected chi connectivity index (χ0v) is 15.1. The summed E-state index contributed by atoms with van der Waals surface area (Å²) in [5, 5.41) is 17.8.